The normalized spacial score (nSPS) is 25.9. The van der Waals surface area contributed by atoms with E-state index in [0.29, 0.717) is 0 Å². The molecule has 2 fully saturated rings. The number of aromatic nitrogens is 2. The van der Waals surface area contributed by atoms with Crippen molar-refractivity contribution in [2.24, 2.45) is 0 Å². The quantitative estimate of drug-likeness (QED) is 0.893. The lowest BCUT2D eigenvalue weighted by Gasteiger charge is -2.19. The molecule has 2 saturated heterocycles. The highest BCUT2D eigenvalue weighted by Crippen LogP contribution is 2.29. The molecule has 2 aliphatic rings. The smallest absolute Gasteiger partial charge is 0.217 e. The summed E-state index contributed by atoms with van der Waals surface area (Å²) in [5, 5.41) is 2.96. The van der Waals surface area contributed by atoms with E-state index in [1.807, 2.05) is 6.07 Å². The molecular weight excluding hydrogens is 256 g/mol. The van der Waals surface area contributed by atoms with Gasteiger partial charge in [0.25, 0.3) is 0 Å². The van der Waals surface area contributed by atoms with Gasteiger partial charge in [0.05, 0.1) is 11.8 Å². The maximum absolute atomic E-state index is 11.1. The van der Waals surface area contributed by atoms with E-state index in [0.717, 1.165) is 50.5 Å². The minimum Gasteiger partial charge on any atom is -0.372 e. The second-order valence-corrected chi connectivity index (χ2v) is 5.43. The van der Waals surface area contributed by atoms with Crippen LogP contribution in [-0.4, -0.2) is 41.6 Å². The van der Waals surface area contributed by atoms with Crippen LogP contribution in [0.4, 0.5) is 5.82 Å². The molecule has 1 aromatic heterocycles. The topological polar surface area (TPSA) is 67.4 Å². The van der Waals surface area contributed by atoms with E-state index in [9.17, 15) is 4.79 Å². The Morgan fingerprint density at radius 2 is 2.35 bits per heavy atom. The number of carbonyl (C=O) groups excluding carboxylic acids is 1. The van der Waals surface area contributed by atoms with Crippen molar-refractivity contribution in [3.05, 3.63) is 18.1 Å². The summed E-state index contributed by atoms with van der Waals surface area (Å²) >= 11 is 0. The van der Waals surface area contributed by atoms with E-state index in [-0.39, 0.29) is 18.1 Å². The Hall–Kier alpha value is -1.69. The van der Waals surface area contributed by atoms with E-state index >= 15 is 0 Å². The molecule has 0 radical (unpaired) electrons. The summed E-state index contributed by atoms with van der Waals surface area (Å²) in [5.41, 5.74) is 0.968. The van der Waals surface area contributed by atoms with E-state index in [2.05, 4.69) is 20.2 Å². The molecule has 0 aliphatic carbocycles. The third-order valence-electron chi connectivity index (χ3n) is 3.85. The zero-order valence-electron chi connectivity index (χ0n) is 11.7. The number of carbonyl (C=O) groups is 1. The summed E-state index contributed by atoms with van der Waals surface area (Å²) in [6.45, 7) is 4.09. The molecule has 108 valence electrons. The van der Waals surface area contributed by atoms with Gasteiger partial charge in [-0.15, -0.1) is 0 Å². The molecule has 0 spiro atoms. The van der Waals surface area contributed by atoms with E-state index in [4.69, 9.17) is 4.74 Å². The third-order valence-corrected chi connectivity index (χ3v) is 3.85. The third kappa shape index (κ3) is 2.90. The molecule has 6 heteroatoms. The van der Waals surface area contributed by atoms with Crippen LogP contribution in [0, 0.1) is 0 Å². The number of anilines is 1. The van der Waals surface area contributed by atoms with Gasteiger partial charge in [0.1, 0.15) is 12.1 Å². The van der Waals surface area contributed by atoms with Crippen molar-refractivity contribution in [2.75, 3.05) is 24.6 Å². The molecule has 3 rings (SSSR count). The largest absolute Gasteiger partial charge is 0.372 e. The van der Waals surface area contributed by atoms with Crippen molar-refractivity contribution in [2.45, 2.75) is 38.3 Å². The minimum atomic E-state index is 0.0274. The monoisotopic (exact) mass is 276 g/mol. The zero-order chi connectivity index (χ0) is 13.9. The van der Waals surface area contributed by atoms with Crippen LogP contribution in [0.25, 0.3) is 0 Å². The highest BCUT2D eigenvalue weighted by Gasteiger charge is 2.25. The molecule has 2 unspecified atom stereocenters. The SMILES string of the molecule is CC(=O)NC1CCN(c2cc(C3CCCO3)ncn2)C1. The van der Waals surface area contributed by atoms with Crippen LogP contribution in [0.1, 0.15) is 38.0 Å². The van der Waals surface area contributed by atoms with Crippen molar-refractivity contribution < 1.29 is 9.53 Å². The zero-order valence-corrected chi connectivity index (χ0v) is 11.7. The first-order valence-electron chi connectivity index (χ1n) is 7.18. The average molecular weight is 276 g/mol. The molecule has 3 heterocycles. The van der Waals surface area contributed by atoms with Gasteiger partial charge in [-0.2, -0.15) is 0 Å². The molecule has 1 aromatic rings. The Bertz CT molecular complexity index is 488. The second-order valence-electron chi connectivity index (χ2n) is 5.43. The van der Waals surface area contributed by atoms with Crippen molar-refractivity contribution in [3.8, 4) is 0 Å². The van der Waals surface area contributed by atoms with Gasteiger partial charge < -0.3 is 15.0 Å². The van der Waals surface area contributed by atoms with E-state index in [1.54, 1.807) is 13.3 Å². The minimum absolute atomic E-state index is 0.0274. The van der Waals surface area contributed by atoms with Crippen molar-refractivity contribution in [1.29, 1.82) is 0 Å². The molecule has 20 heavy (non-hydrogen) atoms. The van der Waals surface area contributed by atoms with Gasteiger partial charge in [0.15, 0.2) is 0 Å². The molecule has 0 saturated carbocycles. The van der Waals surface area contributed by atoms with E-state index in [1.165, 1.54) is 0 Å². The van der Waals surface area contributed by atoms with Crippen molar-refractivity contribution in [3.63, 3.8) is 0 Å². The average Bonchev–Trinajstić information content (AvgIpc) is 3.09. The lowest BCUT2D eigenvalue weighted by molar-refractivity contribution is -0.119. The first kappa shape index (κ1) is 13.3. The number of ether oxygens (including phenoxy) is 1. The highest BCUT2D eigenvalue weighted by atomic mass is 16.5. The molecular formula is C14H20N4O2. The summed E-state index contributed by atoms with van der Waals surface area (Å²) in [4.78, 5) is 22.0. The fraction of sp³-hybridized carbons (Fsp3) is 0.643. The number of amides is 1. The summed E-state index contributed by atoms with van der Waals surface area (Å²) in [6, 6.07) is 2.24. The van der Waals surface area contributed by atoms with Crippen LogP contribution < -0.4 is 10.2 Å². The number of nitrogens with zero attached hydrogens (tertiary/aromatic N) is 3. The number of rotatable bonds is 3. The molecule has 1 N–H and O–H groups in total. The van der Waals surface area contributed by atoms with Gasteiger partial charge in [0.2, 0.25) is 5.91 Å². The summed E-state index contributed by atoms with van der Waals surface area (Å²) in [7, 11) is 0. The Kier molecular flexibility index (Phi) is 3.82. The fourth-order valence-corrected chi connectivity index (χ4v) is 2.90. The molecule has 6 nitrogen and oxygen atoms in total. The lowest BCUT2D eigenvalue weighted by Crippen LogP contribution is -2.35. The molecule has 2 aliphatic heterocycles. The molecule has 0 aromatic carbocycles. The van der Waals surface area contributed by atoms with Crippen LogP contribution in [0.2, 0.25) is 0 Å². The van der Waals surface area contributed by atoms with Crippen molar-refractivity contribution >= 4 is 11.7 Å². The summed E-state index contributed by atoms with van der Waals surface area (Å²) in [5.74, 6) is 0.956. The Morgan fingerprint density at radius 1 is 1.45 bits per heavy atom. The maximum atomic E-state index is 11.1. The first-order valence-corrected chi connectivity index (χ1v) is 7.18. The van der Waals surface area contributed by atoms with Gasteiger partial charge in [-0.3, -0.25) is 4.79 Å². The van der Waals surface area contributed by atoms with Crippen molar-refractivity contribution in [1.82, 2.24) is 15.3 Å². The van der Waals surface area contributed by atoms with Gasteiger partial charge in [-0.25, -0.2) is 9.97 Å². The van der Waals surface area contributed by atoms with Crippen LogP contribution >= 0.6 is 0 Å². The van der Waals surface area contributed by atoms with Gasteiger partial charge in [0, 0.05) is 38.7 Å². The molecule has 1 amide bonds. The lowest BCUT2D eigenvalue weighted by atomic mass is 10.2. The van der Waals surface area contributed by atoms with E-state index < -0.39 is 0 Å². The number of hydrogen-bond acceptors (Lipinski definition) is 5. The number of hydrogen-bond donors (Lipinski definition) is 1. The van der Waals surface area contributed by atoms with Gasteiger partial charge in [-0.1, -0.05) is 0 Å². The number of nitrogens with one attached hydrogen (secondary N) is 1. The predicted octanol–water partition coefficient (Wildman–Crippen LogP) is 1.04. The predicted molar refractivity (Wildman–Crippen MR) is 74.4 cm³/mol. The highest BCUT2D eigenvalue weighted by molar-refractivity contribution is 5.73. The standard InChI is InChI=1S/C14H20N4O2/c1-10(19)17-11-4-5-18(8-11)14-7-12(15-9-16-14)13-3-2-6-20-13/h7,9,11,13H,2-6,8H2,1H3,(H,17,19). The van der Waals surface area contributed by atoms with Crippen LogP contribution in [0.15, 0.2) is 12.4 Å². The van der Waals surface area contributed by atoms with Crippen LogP contribution in [0.5, 0.6) is 0 Å². The van der Waals surface area contributed by atoms with Crippen LogP contribution in [-0.2, 0) is 9.53 Å². The maximum Gasteiger partial charge on any atom is 0.217 e. The summed E-state index contributed by atoms with van der Waals surface area (Å²) < 4.78 is 5.66. The summed E-state index contributed by atoms with van der Waals surface area (Å²) in [6.07, 6.45) is 4.81. The fourth-order valence-electron chi connectivity index (χ4n) is 2.90. The van der Waals surface area contributed by atoms with Gasteiger partial charge >= 0.3 is 0 Å². The Balaban J connectivity index is 1.68. The molecule has 2 atom stereocenters. The Labute approximate surface area is 118 Å². The first-order chi connectivity index (χ1) is 9.72. The second kappa shape index (κ2) is 5.75. The van der Waals surface area contributed by atoms with Gasteiger partial charge in [-0.05, 0) is 19.3 Å². The Morgan fingerprint density at radius 3 is 3.10 bits per heavy atom. The molecule has 0 bridgehead atoms. The van der Waals surface area contributed by atoms with Crippen LogP contribution in [0.3, 0.4) is 0 Å².